The monoisotopic (exact) mass is 310 g/mol. The molecule has 3 rings (SSSR count). The summed E-state index contributed by atoms with van der Waals surface area (Å²) in [5, 5.41) is 1.69. The van der Waals surface area contributed by atoms with Crippen LogP contribution >= 0.6 is 0 Å². The zero-order chi connectivity index (χ0) is 16.4. The molecule has 0 radical (unpaired) electrons. The Morgan fingerprint density at radius 3 is 2.52 bits per heavy atom. The van der Waals surface area contributed by atoms with Gasteiger partial charge in [0.1, 0.15) is 11.6 Å². The number of carbonyl (C=O) groups is 1. The van der Waals surface area contributed by atoms with E-state index in [1.54, 1.807) is 24.3 Å². The van der Waals surface area contributed by atoms with Crippen molar-refractivity contribution in [2.24, 2.45) is 0 Å². The van der Waals surface area contributed by atoms with Gasteiger partial charge in [0.05, 0.1) is 19.8 Å². The summed E-state index contributed by atoms with van der Waals surface area (Å²) in [5.41, 5.74) is 1.55. The molecular formula is C19H15FO3. The van der Waals surface area contributed by atoms with E-state index in [1.165, 1.54) is 20.3 Å². The number of methoxy groups -OCH3 is 2. The van der Waals surface area contributed by atoms with Crippen LogP contribution in [0.2, 0.25) is 0 Å². The predicted octanol–water partition coefficient (Wildman–Crippen LogP) is 4.44. The van der Waals surface area contributed by atoms with Crippen molar-refractivity contribution < 1.29 is 18.7 Å². The molecule has 23 heavy (non-hydrogen) atoms. The first-order valence-electron chi connectivity index (χ1n) is 7.09. The topological polar surface area (TPSA) is 35.5 Å². The van der Waals surface area contributed by atoms with Crippen molar-refractivity contribution in [3.8, 4) is 16.9 Å². The van der Waals surface area contributed by atoms with Crippen LogP contribution in [0.3, 0.4) is 0 Å². The third kappa shape index (κ3) is 2.75. The smallest absolute Gasteiger partial charge is 0.337 e. The number of hydrogen-bond donors (Lipinski definition) is 0. The van der Waals surface area contributed by atoms with Crippen LogP contribution in [-0.4, -0.2) is 20.2 Å². The lowest BCUT2D eigenvalue weighted by molar-refractivity contribution is 0.0601. The minimum Gasteiger partial charge on any atom is -0.497 e. The predicted molar refractivity (Wildman–Crippen MR) is 87.2 cm³/mol. The van der Waals surface area contributed by atoms with E-state index in [9.17, 15) is 9.18 Å². The van der Waals surface area contributed by atoms with E-state index in [2.05, 4.69) is 0 Å². The molecule has 0 saturated heterocycles. The second-order valence-electron chi connectivity index (χ2n) is 5.08. The molecule has 0 aromatic heterocycles. The van der Waals surface area contributed by atoms with E-state index in [-0.39, 0.29) is 5.82 Å². The van der Waals surface area contributed by atoms with Gasteiger partial charge in [0.25, 0.3) is 0 Å². The number of ether oxygens (including phenoxy) is 2. The molecule has 0 amide bonds. The average molecular weight is 310 g/mol. The molecule has 3 nitrogen and oxygen atoms in total. The lowest BCUT2D eigenvalue weighted by atomic mass is 9.96. The Balaban J connectivity index is 2.27. The fourth-order valence-corrected chi connectivity index (χ4v) is 2.59. The van der Waals surface area contributed by atoms with Crippen molar-refractivity contribution in [1.29, 1.82) is 0 Å². The van der Waals surface area contributed by atoms with Crippen LogP contribution in [0.4, 0.5) is 4.39 Å². The van der Waals surface area contributed by atoms with Crippen LogP contribution in [0, 0.1) is 5.82 Å². The minimum absolute atomic E-state index is 0.346. The maximum Gasteiger partial charge on any atom is 0.337 e. The Kier molecular flexibility index (Phi) is 3.98. The molecule has 0 heterocycles. The molecule has 0 aliphatic rings. The molecule has 3 aromatic carbocycles. The molecule has 0 unspecified atom stereocenters. The normalized spacial score (nSPS) is 10.6. The first-order valence-corrected chi connectivity index (χ1v) is 7.09. The summed E-state index contributed by atoms with van der Waals surface area (Å²) < 4.78 is 24.2. The van der Waals surface area contributed by atoms with Gasteiger partial charge in [0.2, 0.25) is 0 Å². The molecule has 0 atom stereocenters. The molecule has 3 aromatic rings. The second kappa shape index (κ2) is 6.08. The third-order valence-electron chi connectivity index (χ3n) is 3.77. The van der Waals surface area contributed by atoms with Gasteiger partial charge in [-0.05, 0) is 46.7 Å². The van der Waals surface area contributed by atoms with Crippen LogP contribution < -0.4 is 4.74 Å². The number of esters is 1. The summed E-state index contributed by atoms with van der Waals surface area (Å²) in [6, 6.07) is 15.4. The summed E-state index contributed by atoms with van der Waals surface area (Å²) in [7, 11) is 2.87. The van der Waals surface area contributed by atoms with Crippen LogP contribution in [0.15, 0.2) is 54.6 Å². The number of fused-ring (bicyclic) bond motifs is 1. The van der Waals surface area contributed by atoms with E-state index in [1.807, 2.05) is 24.3 Å². The Bertz CT molecular complexity index is 887. The molecule has 0 aliphatic heterocycles. The Morgan fingerprint density at radius 2 is 1.78 bits per heavy atom. The molecule has 0 bridgehead atoms. The first kappa shape index (κ1) is 15.0. The van der Waals surface area contributed by atoms with Gasteiger partial charge < -0.3 is 9.47 Å². The van der Waals surface area contributed by atoms with E-state index >= 15 is 0 Å². The zero-order valence-electron chi connectivity index (χ0n) is 12.8. The Labute approximate surface area is 133 Å². The van der Waals surface area contributed by atoms with E-state index < -0.39 is 5.97 Å². The fourth-order valence-electron chi connectivity index (χ4n) is 2.59. The quantitative estimate of drug-likeness (QED) is 0.671. The van der Waals surface area contributed by atoms with Gasteiger partial charge >= 0.3 is 5.97 Å². The lowest BCUT2D eigenvalue weighted by Crippen LogP contribution is -2.00. The molecule has 0 spiro atoms. The zero-order valence-corrected chi connectivity index (χ0v) is 12.8. The van der Waals surface area contributed by atoms with E-state index in [4.69, 9.17) is 9.47 Å². The van der Waals surface area contributed by atoms with Gasteiger partial charge in [-0.2, -0.15) is 0 Å². The van der Waals surface area contributed by atoms with E-state index in [0.717, 1.165) is 10.8 Å². The highest BCUT2D eigenvalue weighted by Crippen LogP contribution is 2.33. The minimum atomic E-state index is -0.423. The average Bonchev–Trinajstić information content (AvgIpc) is 2.60. The summed E-state index contributed by atoms with van der Waals surface area (Å²) in [5.74, 6) is -0.197. The number of rotatable bonds is 3. The summed E-state index contributed by atoms with van der Waals surface area (Å²) in [4.78, 5) is 11.8. The molecule has 0 fully saturated rings. The van der Waals surface area contributed by atoms with Gasteiger partial charge in [-0.3, -0.25) is 0 Å². The van der Waals surface area contributed by atoms with Crippen molar-refractivity contribution in [2.75, 3.05) is 14.2 Å². The number of hydrogen-bond acceptors (Lipinski definition) is 3. The molecule has 0 aliphatic carbocycles. The highest BCUT2D eigenvalue weighted by molar-refractivity contribution is 6.01. The second-order valence-corrected chi connectivity index (χ2v) is 5.08. The Morgan fingerprint density at radius 1 is 0.957 bits per heavy atom. The van der Waals surface area contributed by atoms with Crippen molar-refractivity contribution in [3.05, 3.63) is 66.0 Å². The van der Waals surface area contributed by atoms with Crippen LogP contribution in [0.5, 0.6) is 5.75 Å². The van der Waals surface area contributed by atoms with Crippen LogP contribution in [0.25, 0.3) is 21.9 Å². The summed E-state index contributed by atoms with van der Waals surface area (Å²) in [6.07, 6.45) is 0. The molecule has 116 valence electrons. The maximum absolute atomic E-state index is 14.3. The molecule has 4 heteroatoms. The molecule has 0 saturated carbocycles. The van der Waals surface area contributed by atoms with Gasteiger partial charge in [-0.15, -0.1) is 0 Å². The standard InChI is InChI=1S/C19H15FO3/c1-22-14-8-9-18(20)17(11-14)15-5-3-4-12-6-7-13(10-16(12)15)19(21)23-2/h3-11H,1-2H3. The van der Waals surface area contributed by atoms with Gasteiger partial charge in [0.15, 0.2) is 0 Å². The highest BCUT2D eigenvalue weighted by Gasteiger charge is 2.12. The fraction of sp³-hybridized carbons (Fsp3) is 0.105. The van der Waals surface area contributed by atoms with Crippen LogP contribution in [-0.2, 0) is 4.74 Å². The van der Waals surface area contributed by atoms with Gasteiger partial charge in [0, 0.05) is 5.56 Å². The van der Waals surface area contributed by atoms with Crippen molar-refractivity contribution >= 4 is 16.7 Å². The number of halogens is 1. The van der Waals surface area contributed by atoms with Crippen LogP contribution in [0.1, 0.15) is 10.4 Å². The Hall–Kier alpha value is -2.88. The third-order valence-corrected chi connectivity index (χ3v) is 3.77. The number of carbonyl (C=O) groups excluding carboxylic acids is 1. The first-order chi connectivity index (χ1) is 11.1. The van der Waals surface area contributed by atoms with Crippen molar-refractivity contribution in [2.45, 2.75) is 0 Å². The SMILES string of the molecule is COC(=O)c1ccc2cccc(-c3cc(OC)ccc3F)c2c1. The van der Waals surface area contributed by atoms with Gasteiger partial charge in [-0.1, -0.05) is 24.3 Å². The summed E-state index contributed by atoms with van der Waals surface area (Å²) >= 11 is 0. The molecule has 0 N–H and O–H groups in total. The number of benzene rings is 3. The van der Waals surface area contributed by atoms with E-state index in [0.29, 0.717) is 22.4 Å². The largest absolute Gasteiger partial charge is 0.497 e. The summed E-state index contributed by atoms with van der Waals surface area (Å²) in [6.45, 7) is 0. The highest BCUT2D eigenvalue weighted by atomic mass is 19.1. The maximum atomic E-state index is 14.3. The van der Waals surface area contributed by atoms with Gasteiger partial charge in [-0.25, -0.2) is 9.18 Å². The van der Waals surface area contributed by atoms with Crippen molar-refractivity contribution in [1.82, 2.24) is 0 Å². The molecular weight excluding hydrogens is 295 g/mol. The van der Waals surface area contributed by atoms with Crippen molar-refractivity contribution in [3.63, 3.8) is 0 Å². The lowest BCUT2D eigenvalue weighted by Gasteiger charge is -2.11.